The lowest BCUT2D eigenvalue weighted by Crippen LogP contribution is -2.20. The van der Waals surface area contributed by atoms with Crippen LogP contribution in [0.25, 0.3) is 0 Å². The van der Waals surface area contributed by atoms with Crippen LogP contribution in [0.1, 0.15) is 13.8 Å². The van der Waals surface area contributed by atoms with Gasteiger partial charge in [-0.05, 0) is 24.3 Å². The molecule has 0 aliphatic carbocycles. The van der Waals surface area contributed by atoms with Gasteiger partial charge in [-0.15, -0.1) is 0 Å². The van der Waals surface area contributed by atoms with Gasteiger partial charge in [-0.3, -0.25) is 0 Å². The predicted molar refractivity (Wildman–Crippen MR) is 58.0 cm³/mol. The molecule has 0 aromatic heterocycles. The van der Waals surface area contributed by atoms with Gasteiger partial charge in [-0.25, -0.2) is 9.18 Å². The summed E-state index contributed by atoms with van der Waals surface area (Å²) in [5.41, 5.74) is -0.743. The zero-order valence-electron chi connectivity index (χ0n) is 8.94. The van der Waals surface area contributed by atoms with Crippen LogP contribution in [0.3, 0.4) is 0 Å². The fourth-order valence-corrected chi connectivity index (χ4v) is 0.924. The molecule has 0 spiro atoms. The summed E-state index contributed by atoms with van der Waals surface area (Å²) < 4.78 is 22.1. The second-order valence-electron chi connectivity index (χ2n) is 3.52. The highest BCUT2D eigenvalue weighted by atomic mass is 35.5. The van der Waals surface area contributed by atoms with Crippen molar-refractivity contribution in [3.8, 4) is 5.75 Å². The number of ether oxygens (including phenoxy) is 2. The van der Waals surface area contributed by atoms with Gasteiger partial charge in [0, 0.05) is 5.92 Å². The summed E-state index contributed by atoms with van der Waals surface area (Å²) in [5, 5.41) is 0. The zero-order chi connectivity index (χ0) is 12.1. The molecule has 0 aliphatic rings. The molecule has 1 aromatic carbocycles. The van der Waals surface area contributed by atoms with Gasteiger partial charge in [0.2, 0.25) is 0 Å². The second-order valence-corrected chi connectivity index (χ2v) is 3.95. The molecule has 1 aromatic rings. The zero-order valence-corrected chi connectivity index (χ0v) is 9.70. The van der Waals surface area contributed by atoms with E-state index in [0.29, 0.717) is 0 Å². The van der Waals surface area contributed by atoms with E-state index in [2.05, 4.69) is 0 Å². The summed E-state index contributed by atoms with van der Waals surface area (Å²) in [5.74, 6) is -0.209. The number of hydrogen-bond donors (Lipinski definition) is 0. The Morgan fingerprint density at radius 1 is 1.31 bits per heavy atom. The first-order chi connectivity index (χ1) is 7.49. The SMILES string of the molecule is CC(C)C(Cl)OC(=O)Oc1ccc(F)cc1. The molecule has 0 fully saturated rings. The van der Waals surface area contributed by atoms with Crippen molar-refractivity contribution in [2.75, 3.05) is 0 Å². The average molecular weight is 247 g/mol. The molecule has 1 atom stereocenters. The summed E-state index contributed by atoms with van der Waals surface area (Å²) >= 11 is 5.72. The van der Waals surface area contributed by atoms with Crippen LogP contribution in [-0.4, -0.2) is 11.7 Å². The minimum Gasteiger partial charge on any atom is -0.414 e. The topological polar surface area (TPSA) is 35.5 Å². The average Bonchev–Trinajstić information content (AvgIpc) is 2.21. The van der Waals surface area contributed by atoms with Gasteiger partial charge < -0.3 is 9.47 Å². The van der Waals surface area contributed by atoms with Crippen molar-refractivity contribution in [1.82, 2.24) is 0 Å². The lowest BCUT2D eigenvalue weighted by atomic mass is 10.2. The second kappa shape index (κ2) is 5.70. The van der Waals surface area contributed by atoms with Gasteiger partial charge in [0.15, 0.2) is 5.56 Å². The van der Waals surface area contributed by atoms with E-state index in [9.17, 15) is 9.18 Å². The third-order valence-corrected chi connectivity index (χ3v) is 2.34. The Kier molecular flexibility index (Phi) is 4.55. The maximum absolute atomic E-state index is 12.5. The van der Waals surface area contributed by atoms with Crippen LogP contribution >= 0.6 is 11.6 Å². The normalized spacial score (nSPS) is 12.3. The molecule has 0 saturated carbocycles. The van der Waals surface area contributed by atoms with Crippen molar-refractivity contribution in [2.24, 2.45) is 5.92 Å². The van der Waals surface area contributed by atoms with Crippen molar-refractivity contribution in [3.63, 3.8) is 0 Å². The monoisotopic (exact) mass is 246 g/mol. The molecule has 0 bridgehead atoms. The summed E-state index contributed by atoms with van der Waals surface area (Å²) in [6, 6.07) is 5.02. The van der Waals surface area contributed by atoms with Crippen LogP contribution in [-0.2, 0) is 4.74 Å². The Labute approximate surface area is 98.1 Å². The lowest BCUT2D eigenvalue weighted by Gasteiger charge is -2.13. The molecule has 0 heterocycles. The van der Waals surface area contributed by atoms with E-state index in [4.69, 9.17) is 21.1 Å². The van der Waals surface area contributed by atoms with Crippen LogP contribution < -0.4 is 4.74 Å². The van der Waals surface area contributed by atoms with Crippen LogP contribution in [0.4, 0.5) is 9.18 Å². The fraction of sp³-hybridized carbons (Fsp3) is 0.364. The highest BCUT2D eigenvalue weighted by Crippen LogP contribution is 2.15. The molecule has 0 aliphatic heterocycles. The molecule has 0 amide bonds. The number of rotatable bonds is 3. The Hall–Kier alpha value is -1.29. The van der Waals surface area contributed by atoms with E-state index >= 15 is 0 Å². The molecule has 1 rings (SSSR count). The molecule has 0 radical (unpaired) electrons. The minimum atomic E-state index is -0.902. The van der Waals surface area contributed by atoms with E-state index in [0.717, 1.165) is 0 Å². The van der Waals surface area contributed by atoms with Gasteiger partial charge in [0.25, 0.3) is 0 Å². The minimum absolute atomic E-state index is 0.0116. The summed E-state index contributed by atoms with van der Waals surface area (Å²) in [4.78, 5) is 11.2. The van der Waals surface area contributed by atoms with Crippen LogP contribution in [0.15, 0.2) is 24.3 Å². The molecule has 0 saturated heterocycles. The first-order valence-electron chi connectivity index (χ1n) is 4.77. The number of carbonyl (C=O) groups excluding carboxylic acids is 1. The number of benzene rings is 1. The first-order valence-corrected chi connectivity index (χ1v) is 5.21. The standard InChI is InChI=1S/C11H12ClFO3/c1-7(2)10(12)16-11(14)15-9-5-3-8(13)4-6-9/h3-7,10H,1-2H3. The smallest absolute Gasteiger partial charge is 0.414 e. The molecular weight excluding hydrogens is 235 g/mol. The van der Waals surface area contributed by atoms with E-state index in [-0.39, 0.29) is 11.7 Å². The third kappa shape index (κ3) is 4.06. The van der Waals surface area contributed by atoms with Gasteiger partial charge in [-0.2, -0.15) is 0 Å². The van der Waals surface area contributed by atoms with E-state index in [1.807, 2.05) is 13.8 Å². The largest absolute Gasteiger partial charge is 0.515 e. The summed E-state index contributed by atoms with van der Waals surface area (Å²) in [7, 11) is 0. The summed E-state index contributed by atoms with van der Waals surface area (Å²) in [6.07, 6.45) is -0.902. The van der Waals surface area contributed by atoms with Crippen molar-refractivity contribution >= 4 is 17.8 Å². The predicted octanol–water partition coefficient (Wildman–Crippen LogP) is 3.56. The van der Waals surface area contributed by atoms with E-state index < -0.39 is 17.5 Å². The highest BCUT2D eigenvalue weighted by Gasteiger charge is 2.16. The van der Waals surface area contributed by atoms with E-state index in [1.54, 1.807) is 0 Å². The number of halogens is 2. The molecule has 1 unspecified atom stereocenters. The third-order valence-electron chi connectivity index (χ3n) is 1.75. The van der Waals surface area contributed by atoms with Crippen LogP contribution in [0.2, 0.25) is 0 Å². The van der Waals surface area contributed by atoms with Crippen molar-refractivity contribution < 1.29 is 18.7 Å². The van der Waals surface area contributed by atoms with Crippen molar-refractivity contribution in [3.05, 3.63) is 30.1 Å². The molecule has 16 heavy (non-hydrogen) atoms. The molecule has 5 heteroatoms. The Bertz CT molecular complexity index is 351. The molecular formula is C11H12ClFO3. The lowest BCUT2D eigenvalue weighted by molar-refractivity contribution is 0.0725. The number of carbonyl (C=O) groups is 1. The maximum Gasteiger partial charge on any atom is 0.515 e. The number of hydrogen-bond acceptors (Lipinski definition) is 3. The fourth-order valence-electron chi connectivity index (χ4n) is 0.851. The van der Waals surface area contributed by atoms with Crippen molar-refractivity contribution in [1.29, 1.82) is 0 Å². The van der Waals surface area contributed by atoms with Gasteiger partial charge in [-0.1, -0.05) is 25.4 Å². The molecule has 3 nitrogen and oxygen atoms in total. The van der Waals surface area contributed by atoms with Crippen LogP contribution in [0, 0.1) is 11.7 Å². The quantitative estimate of drug-likeness (QED) is 0.465. The maximum atomic E-state index is 12.5. The van der Waals surface area contributed by atoms with Gasteiger partial charge in [0.1, 0.15) is 11.6 Å². The Balaban J connectivity index is 2.48. The Morgan fingerprint density at radius 2 is 1.88 bits per heavy atom. The van der Waals surface area contributed by atoms with Gasteiger partial charge in [0.05, 0.1) is 0 Å². The van der Waals surface area contributed by atoms with Crippen LogP contribution in [0.5, 0.6) is 5.75 Å². The molecule has 0 N–H and O–H groups in total. The number of alkyl halides is 1. The summed E-state index contributed by atoms with van der Waals surface area (Å²) in [6.45, 7) is 3.62. The molecule has 88 valence electrons. The van der Waals surface area contributed by atoms with Crippen molar-refractivity contribution in [2.45, 2.75) is 19.4 Å². The highest BCUT2D eigenvalue weighted by molar-refractivity contribution is 6.20. The van der Waals surface area contributed by atoms with E-state index in [1.165, 1.54) is 24.3 Å². The van der Waals surface area contributed by atoms with Gasteiger partial charge >= 0.3 is 6.16 Å². The Morgan fingerprint density at radius 3 is 2.38 bits per heavy atom. The first kappa shape index (κ1) is 12.8.